The van der Waals surface area contributed by atoms with Crippen LogP contribution in [0.15, 0.2) is 28.8 Å². The molecule has 0 fully saturated rings. The van der Waals surface area contributed by atoms with E-state index in [1.165, 1.54) is 12.1 Å². The van der Waals surface area contributed by atoms with Crippen LogP contribution in [-0.2, 0) is 24.3 Å². The number of ether oxygens (including phenoxy) is 1. The van der Waals surface area contributed by atoms with E-state index in [2.05, 4.69) is 27.4 Å². The summed E-state index contributed by atoms with van der Waals surface area (Å²) in [7, 11) is 0. The minimum absolute atomic E-state index is 0.189. The first-order valence-corrected chi connectivity index (χ1v) is 7.87. The largest absolute Gasteiger partial charge is 0.365 e. The zero-order valence-electron chi connectivity index (χ0n) is 13.1. The Morgan fingerprint density at radius 1 is 1.29 bits per heavy atom. The van der Waals surface area contributed by atoms with Gasteiger partial charge < -0.3 is 9.26 Å². The van der Waals surface area contributed by atoms with Gasteiger partial charge in [0.15, 0.2) is 11.5 Å². The van der Waals surface area contributed by atoms with Crippen LogP contribution in [0.3, 0.4) is 0 Å². The minimum atomic E-state index is -0.266. The fourth-order valence-electron chi connectivity index (χ4n) is 2.73. The lowest BCUT2D eigenvalue weighted by Gasteiger charge is -2.24. The van der Waals surface area contributed by atoms with Crippen molar-refractivity contribution in [3.8, 4) is 11.6 Å². The molecule has 0 radical (unpaired) electrons. The van der Waals surface area contributed by atoms with Gasteiger partial charge in [-0.2, -0.15) is 4.98 Å². The lowest BCUT2D eigenvalue weighted by molar-refractivity contribution is -0.00120. The molecule has 124 valence electrons. The van der Waals surface area contributed by atoms with Gasteiger partial charge >= 0.3 is 0 Å². The van der Waals surface area contributed by atoms with Crippen molar-refractivity contribution < 1.29 is 13.7 Å². The molecule has 7 nitrogen and oxygen atoms in total. The minimum Gasteiger partial charge on any atom is -0.365 e. The number of aromatic nitrogens is 5. The fraction of sp³-hybridized carbons (Fsp3) is 0.375. The van der Waals surface area contributed by atoms with E-state index >= 15 is 0 Å². The summed E-state index contributed by atoms with van der Waals surface area (Å²) in [5, 5.41) is 12.3. The van der Waals surface area contributed by atoms with Gasteiger partial charge in [-0.3, -0.25) is 0 Å². The summed E-state index contributed by atoms with van der Waals surface area (Å²) in [5.41, 5.74) is 2.27. The number of halogens is 1. The summed E-state index contributed by atoms with van der Waals surface area (Å²) in [6, 6.07) is 6.29. The van der Waals surface area contributed by atoms with Crippen LogP contribution >= 0.6 is 0 Å². The molecule has 1 aliphatic rings. The highest BCUT2D eigenvalue weighted by Crippen LogP contribution is 2.30. The van der Waals surface area contributed by atoms with Gasteiger partial charge in [0.05, 0.1) is 18.8 Å². The summed E-state index contributed by atoms with van der Waals surface area (Å²) >= 11 is 0. The lowest BCUT2D eigenvalue weighted by atomic mass is 10.1. The van der Waals surface area contributed by atoms with E-state index in [9.17, 15) is 4.39 Å². The quantitative estimate of drug-likeness (QED) is 0.732. The molecule has 3 heterocycles. The number of hydrogen-bond donors (Lipinski definition) is 0. The van der Waals surface area contributed by atoms with Gasteiger partial charge in [0.2, 0.25) is 0 Å². The van der Waals surface area contributed by atoms with Gasteiger partial charge in [-0.15, -0.1) is 5.10 Å². The van der Waals surface area contributed by atoms with Crippen LogP contribution in [0.5, 0.6) is 0 Å². The molecule has 0 aliphatic carbocycles. The maximum absolute atomic E-state index is 13.0. The first kappa shape index (κ1) is 14.9. The Bertz CT molecular complexity index is 843. The second kappa shape index (κ2) is 6.12. The topological polar surface area (TPSA) is 78.9 Å². The van der Waals surface area contributed by atoms with Crippen LogP contribution < -0.4 is 0 Å². The normalized spacial score (nSPS) is 17.0. The fourth-order valence-corrected chi connectivity index (χ4v) is 2.73. The smallest absolute Gasteiger partial charge is 0.280 e. The van der Waals surface area contributed by atoms with Gasteiger partial charge in [-0.1, -0.05) is 29.4 Å². The highest BCUT2D eigenvalue weighted by Gasteiger charge is 2.27. The molecule has 4 rings (SSSR count). The van der Waals surface area contributed by atoms with Crippen LogP contribution in [0.1, 0.15) is 36.5 Å². The summed E-state index contributed by atoms with van der Waals surface area (Å²) in [6.07, 6.45) is 1.52. The van der Waals surface area contributed by atoms with E-state index in [0.29, 0.717) is 30.6 Å². The number of rotatable bonds is 4. The van der Waals surface area contributed by atoms with E-state index in [0.717, 1.165) is 24.1 Å². The SMILES string of the molecule is CCCc1noc(-c2nnn3c2COC(c2ccc(F)cc2)C3)n1. The number of nitrogens with zero attached hydrogens (tertiary/aromatic N) is 5. The highest BCUT2D eigenvalue weighted by molar-refractivity contribution is 5.49. The van der Waals surface area contributed by atoms with Crippen LogP contribution in [0, 0.1) is 5.82 Å². The summed E-state index contributed by atoms with van der Waals surface area (Å²) in [4.78, 5) is 4.35. The Kier molecular flexibility index (Phi) is 3.81. The average molecular weight is 329 g/mol. The maximum atomic E-state index is 13.0. The van der Waals surface area contributed by atoms with Crippen molar-refractivity contribution in [2.45, 2.75) is 39.0 Å². The molecule has 3 aromatic rings. The summed E-state index contributed by atoms with van der Waals surface area (Å²) < 4.78 is 26.0. The maximum Gasteiger partial charge on any atom is 0.280 e. The Hall–Kier alpha value is -2.61. The molecule has 0 saturated heterocycles. The molecule has 0 saturated carbocycles. The van der Waals surface area contributed by atoms with Gasteiger partial charge in [0, 0.05) is 6.42 Å². The predicted molar refractivity (Wildman–Crippen MR) is 81.2 cm³/mol. The number of benzene rings is 1. The van der Waals surface area contributed by atoms with Crippen molar-refractivity contribution in [2.75, 3.05) is 0 Å². The van der Waals surface area contributed by atoms with E-state index in [-0.39, 0.29) is 11.9 Å². The van der Waals surface area contributed by atoms with Crippen molar-refractivity contribution >= 4 is 0 Å². The number of aryl methyl sites for hydroxylation is 1. The molecule has 1 aromatic carbocycles. The zero-order valence-corrected chi connectivity index (χ0v) is 13.1. The third kappa shape index (κ3) is 2.69. The zero-order chi connectivity index (χ0) is 16.5. The van der Waals surface area contributed by atoms with E-state index in [4.69, 9.17) is 9.26 Å². The molecule has 8 heteroatoms. The summed E-state index contributed by atoms with van der Waals surface area (Å²) in [6.45, 7) is 2.89. The monoisotopic (exact) mass is 329 g/mol. The third-order valence-corrected chi connectivity index (χ3v) is 3.98. The lowest BCUT2D eigenvalue weighted by Crippen LogP contribution is -2.22. The van der Waals surface area contributed by atoms with E-state index in [1.807, 2.05) is 0 Å². The van der Waals surface area contributed by atoms with Gasteiger partial charge in [-0.25, -0.2) is 9.07 Å². The molecule has 0 bridgehead atoms. The van der Waals surface area contributed by atoms with Crippen molar-refractivity contribution in [1.82, 2.24) is 25.1 Å². The third-order valence-electron chi connectivity index (χ3n) is 3.98. The molecule has 0 amide bonds. The van der Waals surface area contributed by atoms with E-state index in [1.54, 1.807) is 16.8 Å². The Labute approximate surface area is 137 Å². The van der Waals surface area contributed by atoms with Crippen molar-refractivity contribution in [1.29, 1.82) is 0 Å². The molecule has 24 heavy (non-hydrogen) atoms. The molecule has 2 aromatic heterocycles. The molecule has 1 aliphatic heterocycles. The second-order valence-corrected chi connectivity index (χ2v) is 5.68. The van der Waals surface area contributed by atoms with Crippen molar-refractivity contribution in [3.05, 3.63) is 47.2 Å². The highest BCUT2D eigenvalue weighted by atomic mass is 19.1. The second-order valence-electron chi connectivity index (χ2n) is 5.68. The first-order chi connectivity index (χ1) is 11.7. The van der Waals surface area contributed by atoms with Gasteiger partial charge in [0.1, 0.15) is 11.9 Å². The van der Waals surface area contributed by atoms with Gasteiger partial charge in [-0.05, 0) is 24.1 Å². The Balaban J connectivity index is 1.57. The van der Waals surface area contributed by atoms with Crippen molar-refractivity contribution in [2.24, 2.45) is 0 Å². The van der Waals surface area contributed by atoms with Crippen LogP contribution in [-0.4, -0.2) is 25.1 Å². The first-order valence-electron chi connectivity index (χ1n) is 7.87. The Morgan fingerprint density at radius 3 is 2.92 bits per heavy atom. The van der Waals surface area contributed by atoms with E-state index < -0.39 is 0 Å². The van der Waals surface area contributed by atoms with Crippen LogP contribution in [0.2, 0.25) is 0 Å². The number of fused-ring (bicyclic) bond motifs is 1. The standard InChI is InChI=1S/C16H16FN5O2/c1-2-3-14-18-16(24-20-14)15-12-9-23-13(8-22(12)21-19-15)10-4-6-11(17)7-5-10/h4-7,13H,2-3,8-9H2,1H3. The van der Waals surface area contributed by atoms with Gasteiger partial charge in [0.25, 0.3) is 5.89 Å². The predicted octanol–water partition coefficient (Wildman–Crippen LogP) is 2.69. The van der Waals surface area contributed by atoms with Crippen LogP contribution in [0.4, 0.5) is 4.39 Å². The summed E-state index contributed by atoms with van der Waals surface area (Å²) in [5.74, 6) is 0.760. The number of hydrogen-bond acceptors (Lipinski definition) is 6. The molecule has 0 N–H and O–H groups in total. The molecule has 0 spiro atoms. The Morgan fingerprint density at radius 2 is 2.12 bits per heavy atom. The molecule has 1 atom stereocenters. The van der Waals surface area contributed by atoms with Crippen LogP contribution in [0.25, 0.3) is 11.6 Å². The molecular weight excluding hydrogens is 313 g/mol. The van der Waals surface area contributed by atoms with Crippen molar-refractivity contribution in [3.63, 3.8) is 0 Å². The molecular formula is C16H16FN5O2. The molecule has 1 unspecified atom stereocenters. The average Bonchev–Trinajstić information content (AvgIpc) is 3.21.